The molecule has 0 unspecified atom stereocenters. The lowest BCUT2D eigenvalue weighted by atomic mass is 10.3. The van der Waals surface area contributed by atoms with Crippen molar-refractivity contribution in [2.24, 2.45) is 0 Å². The van der Waals surface area contributed by atoms with Gasteiger partial charge in [-0.05, 0) is 0 Å². The molecule has 0 atom stereocenters. The summed E-state index contributed by atoms with van der Waals surface area (Å²) in [6.07, 6.45) is -3.79. The maximum Gasteiger partial charge on any atom is 0.423 e. The molecule has 0 aliphatic carbocycles. The minimum absolute atomic E-state index is 0.387. The highest BCUT2D eigenvalue weighted by molar-refractivity contribution is 5.82. The van der Waals surface area contributed by atoms with Gasteiger partial charge in [-0.2, -0.15) is 13.2 Å². The molecule has 0 N–H and O–H groups in total. The zero-order chi connectivity index (χ0) is 10.1. The molecule has 1 heterocycles. The molecule has 0 amide bonds. The van der Waals surface area contributed by atoms with Gasteiger partial charge in [0.25, 0.3) is 0 Å². The second-order valence-corrected chi connectivity index (χ2v) is 2.08. The predicted octanol–water partition coefficient (Wildman–Crippen LogP) is 1.07. The average molecular weight is 191 g/mol. The van der Waals surface area contributed by atoms with Gasteiger partial charge in [0.15, 0.2) is 0 Å². The van der Waals surface area contributed by atoms with Crippen LogP contribution in [0.5, 0.6) is 0 Å². The number of aromatic nitrogens is 2. The highest BCUT2D eigenvalue weighted by Crippen LogP contribution is 2.27. The molecule has 0 saturated heterocycles. The molecule has 7 heteroatoms. The molecule has 0 aromatic carbocycles. The lowest BCUT2D eigenvalue weighted by molar-refractivity contribution is -0.138. The first-order chi connectivity index (χ1) is 5.91. The SMILES string of the molecule is [O]C(=O)c1ncc(C(F)(F)F)cn1. The molecule has 0 aliphatic heterocycles. The molecule has 4 nitrogen and oxygen atoms in total. The van der Waals surface area contributed by atoms with Crippen molar-refractivity contribution in [3.05, 3.63) is 23.8 Å². The van der Waals surface area contributed by atoms with E-state index in [2.05, 4.69) is 9.97 Å². The Kier molecular flexibility index (Phi) is 2.18. The van der Waals surface area contributed by atoms with E-state index in [0.29, 0.717) is 12.4 Å². The van der Waals surface area contributed by atoms with E-state index in [4.69, 9.17) is 0 Å². The van der Waals surface area contributed by atoms with E-state index in [1.807, 2.05) is 0 Å². The highest BCUT2D eigenvalue weighted by atomic mass is 19.4. The monoisotopic (exact) mass is 191 g/mol. The zero-order valence-electron chi connectivity index (χ0n) is 6.00. The van der Waals surface area contributed by atoms with Gasteiger partial charge in [0, 0.05) is 12.4 Å². The van der Waals surface area contributed by atoms with E-state index in [1.165, 1.54) is 0 Å². The van der Waals surface area contributed by atoms with Crippen LogP contribution in [-0.4, -0.2) is 15.9 Å². The Morgan fingerprint density at radius 3 is 2.00 bits per heavy atom. The number of carbonyl (C=O) groups is 1. The summed E-state index contributed by atoms with van der Waals surface area (Å²) >= 11 is 0. The average Bonchev–Trinajstić information content (AvgIpc) is 2.03. The fourth-order valence-electron chi connectivity index (χ4n) is 0.580. The number of alkyl halides is 3. The molecule has 1 aromatic heterocycles. The van der Waals surface area contributed by atoms with Crippen molar-refractivity contribution < 1.29 is 23.1 Å². The van der Waals surface area contributed by atoms with E-state index < -0.39 is 23.5 Å². The molecule has 1 rings (SSSR count). The van der Waals surface area contributed by atoms with Gasteiger partial charge < -0.3 is 0 Å². The molecule has 0 spiro atoms. The van der Waals surface area contributed by atoms with Crippen LogP contribution in [0.15, 0.2) is 12.4 Å². The second kappa shape index (κ2) is 3.00. The van der Waals surface area contributed by atoms with Crippen LogP contribution in [0, 0.1) is 0 Å². The molecule has 13 heavy (non-hydrogen) atoms. The Bertz CT molecular complexity index is 320. The normalized spacial score (nSPS) is 11.3. The van der Waals surface area contributed by atoms with Crippen LogP contribution in [-0.2, 0) is 11.3 Å². The van der Waals surface area contributed by atoms with Crippen LogP contribution in [0.25, 0.3) is 0 Å². The van der Waals surface area contributed by atoms with Gasteiger partial charge in [-0.25, -0.2) is 19.9 Å². The highest BCUT2D eigenvalue weighted by Gasteiger charge is 2.31. The predicted molar refractivity (Wildman–Crippen MR) is 32.1 cm³/mol. The number of halogens is 3. The molecule has 0 aliphatic rings. The quantitative estimate of drug-likeness (QED) is 0.666. The summed E-state index contributed by atoms with van der Waals surface area (Å²) in [5.41, 5.74) is -1.10. The van der Waals surface area contributed by atoms with Gasteiger partial charge in [0.2, 0.25) is 5.82 Å². The zero-order valence-corrected chi connectivity index (χ0v) is 6.00. The molecule has 69 valence electrons. The van der Waals surface area contributed by atoms with E-state index >= 15 is 0 Å². The Hall–Kier alpha value is -1.66. The fourth-order valence-corrected chi connectivity index (χ4v) is 0.580. The van der Waals surface area contributed by atoms with Gasteiger partial charge in [-0.3, -0.25) is 0 Å². The van der Waals surface area contributed by atoms with Crippen LogP contribution >= 0.6 is 0 Å². The summed E-state index contributed by atoms with van der Waals surface area (Å²) in [6.45, 7) is 0. The Balaban J connectivity index is 3.01. The third-order valence-corrected chi connectivity index (χ3v) is 1.16. The number of hydrogen-bond donors (Lipinski definition) is 0. The first kappa shape index (κ1) is 9.43. The molecular weight excluding hydrogens is 189 g/mol. The topological polar surface area (TPSA) is 62.8 Å². The van der Waals surface area contributed by atoms with Crippen LogP contribution in [0.3, 0.4) is 0 Å². The Morgan fingerprint density at radius 2 is 1.69 bits per heavy atom. The lowest BCUT2D eigenvalue weighted by Crippen LogP contribution is -2.09. The smallest absolute Gasteiger partial charge is 0.238 e. The van der Waals surface area contributed by atoms with Crippen molar-refractivity contribution in [1.82, 2.24) is 9.97 Å². The number of carbonyl (C=O) groups excluding carboxylic acids is 1. The molecule has 0 bridgehead atoms. The summed E-state index contributed by atoms with van der Waals surface area (Å²) in [5.74, 6) is -2.48. The van der Waals surface area contributed by atoms with Gasteiger partial charge >= 0.3 is 12.1 Å². The van der Waals surface area contributed by atoms with E-state index in [0.717, 1.165) is 0 Å². The van der Waals surface area contributed by atoms with Crippen molar-refractivity contribution in [2.45, 2.75) is 6.18 Å². The molecule has 0 fully saturated rings. The second-order valence-electron chi connectivity index (χ2n) is 2.08. The number of hydrogen-bond acceptors (Lipinski definition) is 3. The van der Waals surface area contributed by atoms with Crippen molar-refractivity contribution >= 4 is 5.97 Å². The van der Waals surface area contributed by atoms with Crippen LogP contribution in [0.2, 0.25) is 0 Å². The third kappa shape index (κ3) is 2.14. The molecule has 0 saturated carbocycles. The first-order valence-corrected chi connectivity index (χ1v) is 3.02. The van der Waals surface area contributed by atoms with Crippen LogP contribution < -0.4 is 0 Å². The van der Waals surface area contributed by atoms with Gasteiger partial charge in [-0.15, -0.1) is 0 Å². The molecular formula is C6H2F3N2O2. The minimum Gasteiger partial charge on any atom is -0.238 e. The largest absolute Gasteiger partial charge is 0.423 e. The Morgan fingerprint density at radius 1 is 1.23 bits per heavy atom. The maximum atomic E-state index is 11.9. The summed E-state index contributed by atoms with van der Waals surface area (Å²) in [7, 11) is 0. The van der Waals surface area contributed by atoms with Crippen molar-refractivity contribution in [3.63, 3.8) is 0 Å². The van der Waals surface area contributed by atoms with Crippen molar-refractivity contribution in [2.75, 3.05) is 0 Å². The standard InChI is InChI=1S/C6H2F3N2O2/c7-6(8,9)3-1-10-4(5(12)13)11-2-3/h1-2H. The van der Waals surface area contributed by atoms with E-state index in [9.17, 15) is 23.1 Å². The number of rotatable bonds is 1. The summed E-state index contributed by atoms with van der Waals surface area (Å²) in [5, 5.41) is 10.0. The van der Waals surface area contributed by atoms with Crippen LogP contribution in [0.1, 0.15) is 16.2 Å². The summed E-state index contributed by atoms with van der Waals surface area (Å²) < 4.78 is 35.6. The van der Waals surface area contributed by atoms with Crippen LogP contribution in [0.4, 0.5) is 13.2 Å². The van der Waals surface area contributed by atoms with Crippen molar-refractivity contribution in [3.8, 4) is 0 Å². The fraction of sp³-hybridized carbons (Fsp3) is 0.167. The van der Waals surface area contributed by atoms with Gasteiger partial charge in [0.1, 0.15) is 0 Å². The maximum absolute atomic E-state index is 11.9. The third-order valence-electron chi connectivity index (χ3n) is 1.16. The van der Waals surface area contributed by atoms with Crippen molar-refractivity contribution in [1.29, 1.82) is 0 Å². The molecule has 1 aromatic rings. The summed E-state index contributed by atoms with van der Waals surface area (Å²) in [6, 6.07) is 0. The van der Waals surface area contributed by atoms with E-state index in [-0.39, 0.29) is 0 Å². The van der Waals surface area contributed by atoms with E-state index in [1.54, 1.807) is 0 Å². The molecule has 1 radical (unpaired) electrons. The minimum atomic E-state index is -4.57. The Labute approximate surface area is 70.1 Å². The number of nitrogens with zero attached hydrogens (tertiary/aromatic N) is 2. The van der Waals surface area contributed by atoms with Gasteiger partial charge in [-0.1, -0.05) is 0 Å². The summed E-state index contributed by atoms with van der Waals surface area (Å²) in [4.78, 5) is 15.9. The lowest BCUT2D eigenvalue weighted by Gasteiger charge is -2.03. The van der Waals surface area contributed by atoms with Gasteiger partial charge in [0.05, 0.1) is 5.56 Å². The first-order valence-electron chi connectivity index (χ1n) is 3.02.